The third-order valence-corrected chi connectivity index (χ3v) is 14.3. The summed E-state index contributed by atoms with van der Waals surface area (Å²) in [6.45, 7) is 13.8. The van der Waals surface area contributed by atoms with Crippen molar-refractivity contribution >= 4 is 17.9 Å². The van der Waals surface area contributed by atoms with Gasteiger partial charge in [-0.1, -0.05) is 298 Å². The SMILES string of the molecule is CCC(C)CCCCCCCCCCCCCCCCCCCCC(=O)OC[C@H](COC(=O)CCCCCCCCCCCCC(C)C)OC(=O)CCCCCCCCCCCCCC(C)C. The molecule has 0 spiro atoms. The van der Waals surface area contributed by atoms with Gasteiger partial charge in [0.2, 0.25) is 0 Å². The summed E-state index contributed by atoms with van der Waals surface area (Å²) in [6.07, 6.45) is 55.3. The Morgan fingerprint density at radius 3 is 0.776 bits per heavy atom. The highest BCUT2D eigenvalue weighted by molar-refractivity contribution is 5.71. The minimum absolute atomic E-state index is 0.0634. The Hall–Kier alpha value is -1.59. The first kappa shape index (κ1) is 65.4. The molecule has 0 aromatic carbocycles. The third kappa shape index (κ3) is 53.6. The molecule has 0 rings (SSSR count). The van der Waals surface area contributed by atoms with Gasteiger partial charge in [-0.2, -0.15) is 0 Å². The largest absolute Gasteiger partial charge is 0.462 e. The van der Waals surface area contributed by atoms with E-state index in [2.05, 4.69) is 41.5 Å². The number of hydrogen-bond donors (Lipinski definition) is 0. The predicted molar refractivity (Wildman–Crippen MR) is 289 cm³/mol. The van der Waals surface area contributed by atoms with Gasteiger partial charge in [-0.25, -0.2) is 0 Å². The highest BCUT2D eigenvalue weighted by Crippen LogP contribution is 2.19. The number of carbonyl (C=O) groups is 3. The van der Waals surface area contributed by atoms with Crippen LogP contribution in [0.2, 0.25) is 0 Å². The number of esters is 3. The Morgan fingerprint density at radius 2 is 0.522 bits per heavy atom. The molecule has 6 heteroatoms. The van der Waals surface area contributed by atoms with Gasteiger partial charge in [0.25, 0.3) is 0 Å². The molecule has 0 aromatic rings. The average Bonchev–Trinajstić information content (AvgIpc) is 3.30. The van der Waals surface area contributed by atoms with Crippen LogP contribution in [0, 0.1) is 17.8 Å². The van der Waals surface area contributed by atoms with E-state index in [1.807, 2.05) is 0 Å². The average molecular weight is 948 g/mol. The lowest BCUT2D eigenvalue weighted by atomic mass is 9.99. The molecule has 67 heavy (non-hydrogen) atoms. The highest BCUT2D eigenvalue weighted by atomic mass is 16.6. The Morgan fingerprint density at radius 1 is 0.299 bits per heavy atom. The lowest BCUT2D eigenvalue weighted by Crippen LogP contribution is -2.30. The molecule has 0 aliphatic carbocycles. The molecule has 0 fully saturated rings. The molecular weight excluding hydrogens is 829 g/mol. The predicted octanol–water partition coefficient (Wildman–Crippen LogP) is 19.9. The number of carbonyl (C=O) groups excluding carboxylic acids is 3. The molecule has 0 heterocycles. The highest BCUT2D eigenvalue weighted by Gasteiger charge is 2.19. The van der Waals surface area contributed by atoms with Crippen LogP contribution in [0.15, 0.2) is 0 Å². The van der Waals surface area contributed by atoms with Crippen molar-refractivity contribution in [3.63, 3.8) is 0 Å². The van der Waals surface area contributed by atoms with Crippen molar-refractivity contribution < 1.29 is 28.6 Å². The maximum atomic E-state index is 12.8. The van der Waals surface area contributed by atoms with Crippen molar-refractivity contribution in [2.75, 3.05) is 13.2 Å². The van der Waals surface area contributed by atoms with Crippen molar-refractivity contribution in [3.05, 3.63) is 0 Å². The smallest absolute Gasteiger partial charge is 0.306 e. The summed E-state index contributed by atoms with van der Waals surface area (Å²) < 4.78 is 16.9. The second-order valence-electron chi connectivity index (χ2n) is 22.2. The van der Waals surface area contributed by atoms with Gasteiger partial charge >= 0.3 is 17.9 Å². The number of rotatable bonds is 54. The lowest BCUT2D eigenvalue weighted by Gasteiger charge is -2.18. The van der Waals surface area contributed by atoms with E-state index < -0.39 is 6.10 Å². The van der Waals surface area contributed by atoms with Gasteiger partial charge in [-0.05, 0) is 37.0 Å². The molecule has 398 valence electrons. The van der Waals surface area contributed by atoms with E-state index in [4.69, 9.17) is 14.2 Å². The van der Waals surface area contributed by atoms with Crippen LogP contribution in [0.1, 0.15) is 337 Å². The maximum absolute atomic E-state index is 12.8. The molecular formula is C61H118O6. The molecule has 0 aliphatic rings. The summed E-state index contributed by atoms with van der Waals surface area (Å²) in [5, 5.41) is 0. The van der Waals surface area contributed by atoms with E-state index in [9.17, 15) is 14.4 Å². The zero-order valence-electron chi connectivity index (χ0n) is 46.2. The van der Waals surface area contributed by atoms with Crippen molar-refractivity contribution in [2.45, 2.75) is 343 Å². The molecule has 0 aromatic heterocycles. The van der Waals surface area contributed by atoms with E-state index in [1.165, 1.54) is 218 Å². The summed E-state index contributed by atoms with van der Waals surface area (Å²) in [7, 11) is 0. The van der Waals surface area contributed by atoms with Crippen LogP contribution in [0.25, 0.3) is 0 Å². The first-order chi connectivity index (χ1) is 32.6. The van der Waals surface area contributed by atoms with Gasteiger partial charge in [0, 0.05) is 19.3 Å². The van der Waals surface area contributed by atoms with E-state index in [0.717, 1.165) is 75.5 Å². The Balaban J connectivity index is 4.23. The summed E-state index contributed by atoms with van der Waals surface area (Å²) in [5.41, 5.74) is 0. The standard InChI is InChI=1S/C61H118O6/c1-7-57(6)49-43-37-31-25-18-14-12-10-8-9-11-13-15-19-26-32-38-44-50-59(62)65-53-58(54-66-60(63)51-45-39-33-27-22-21-24-30-36-42-48-56(4)5)67-61(64)52-46-40-34-28-20-16-17-23-29-35-41-47-55(2)3/h55-58H,7-54H2,1-6H3/t57?,58-/m1/s1. The van der Waals surface area contributed by atoms with Gasteiger partial charge in [0.15, 0.2) is 6.10 Å². The molecule has 0 aliphatic heterocycles. The van der Waals surface area contributed by atoms with Gasteiger partial charge < -0.3 is 14.2 Å². The molecule has 0 bridgehead atoms. The molecule has 1 unspecified atom stereocenters. The summed E-state index contributed by atoms with van der Waals surface area (Å²) in [6, 6.07) is 0. The quantitative estimate of drug-likeness (QED) is 0.0343. The molecule has 0 radical (unpaired) electrons. The minimum Gasteiger partial charge on any atom is -0.462 e. The number of unbranched alkanes of at least 4 members (excludes halogenated alkanes) is 36. The van der Waals surface area contributed by atoms with Crippen LogP contribution in [-0.4, -0.2) is 37.2 Å². The fourth-order valence-electron chi connectivity index (χ4n) is 9.32. The van der Waals surface area contributed by atoms with Gasteiger partial charge in [0.05, 0.1) is 0 Å². The van der Waals surface area contributed by atoms with Crippen LogP contribution in [0.3, 0.4) is 0 Å². The van der Waals surface area contributed by atoms with Crippen LogP contribution >= 0.6 is 0 Å². The van der Waals surface area contributed by atoms with Crippen LogP contribution < -0.4 is 0 Å². The topological polar surface area (TPSA) is 78.9 Å². The van der Waals surface area contributed by atoms with Crippen LogP contribution in [0.5, 0.6) is 0 Å². The van der Waals surface area contributed by atoms with Crippen LogP contribution in [0.4, 0.5) is 0 Å². The van der Waals surface area contributed by atoms with E-state index in [-0.39, 0.29) is 31.1 Å². The van der Waals surface area contributed by atoms with Crippen molar-refractivity contribution in [3.8, 4) is 0 Å². The maximum Gasteiger partial charge on any atom is 0.306 e. The molecule has 6 nitrogen and oxygen atoms in total. The second kappa shape index (κ2) is 52.2. The van der Waals surface area contributed by atoms with Gasteiger partial charge in [0.1, 0.15) is 13.2 Å². The van der Waals surface area contributed by atoms with Crippen LogP contribution in [-0.2, 0) is 28.6 Å². The first-order valence-corrected chi connectivity index (χ1v) is 30.1. The number of hydrogen-bond acceptors (Lipinski definition) is 6. The minimum atomic E-state index is -0.764. The fourth-order valence-corrected chi connectivity index (χ4v) is 9.32. The molecule has 2 atom stereocenters. The number of ether oxygens (including phenoxy) is 3. The van der Waals surface area contributed by atoms with E-state index in [1.54, 1.807) is 0 Å². The molecule has 0 saturated heterocycles. The van der Waals surface area contributed by atoms with E-state index in [0.29, 0.717) is 19.3 Å². The zero-order chi connectivity index (χ0) is 49.1. The monoisotopic (exact) mass is 947 g/mol. The first-order valence-electron chi connectivity index (χ1n) is 30.1. The zero-order valence-corrected chi connectivity index (χ0v) is 46.2. The lowest BCUT2D eigenvalue weighted by molar-refractivity contribution is -0.167. The third-order valence-electron chi connectivity index (χ3n) is 14.3. The Kier molecular flexibility index (Phi) is 51.0. The fraction of sp³-hybridized carbons (Fsp3) is 0.951. The van der Waals surface area contributed by atoms with Gasteiger partial charge in [-0.15, -0.1) is 0 Å². The summed E-state index contributed by atoms with van der Waals surface area (Å²) in [5.74, 6) is 1.71. The Bertz CT molecular complexity index is 1040. The molecule has 0 N–H and O–H groups in total. The van der Waals surface area contributed by atoms with Gasteiger partial charge in [-0.3, -0.25) is 14.4 Å². The molecule has 0 saturated carbocycles. The Labute approximate surface area is 418 Å². The van der Waals surface area contributed by atoms with Crippen molar-refractivity contribution in [2.24, 2.45) is 17.8 Å². The van der Waals surface area contributed by atoms with Crippen molar-refractivity contribution in [1.29, 1.82) is 0 Å². The normalized spacial score (nSPS) is 12.5. The molecule has 0 amide bonds. The summed E-state index contributed by atoms with van der Waals surface area (Å²) in [4.78, 5) is 38.2. The second-order valence-corrected chi connectivity index (χ2v) is 22.2. The van der Waals surface area contributed by atoms with E-state index >= 15 is 0 Å². The summed E-state index contributed by atoms with van der Waals surface area (Å²) >= 11 is 0. The van der Waals surface area contributed by atoms with Crippen molar-refractivity contribution in [1.82, 2.24) is 0 Å².